The second-order valence-electron chi connectivity index (χ2n) is 7.28. The molecule has 0 spiro atoms. The number of amides is 1. The summed E-state index contributed by atoms with van der Waals surface area (Å²) in [5, 5.41) is 12.2. The normalized spacial score (nSPS) is 14.5. The third-order valence-electron chi connectivity index (χ3n) is 4.59. The molecule has 0 aliphatic heterocycles. The van der Waals surface area contributed by atoms with Gasteiger partial charge in [0.1, 0.15) is 12.4 Å². The minimum atomic E-state index is -0.754. The van der Waals surface area contributed by atoms with E-state index < -0.39 is 17.8 Å². The molecular formula is C20H23BrFN3O4. The van der Waals surface area contributed by atoms with Gasteiger partial charge < -0.3 is 15.0 Å². The predicted octanol–water partition coefficient (Wildman–Crippen LogP) is 3.25. The first-order chi connectivity index (χ1) is 13.8. The zero-order valence-corrected chi connectivity index (χ0v) is 17.8. The molecule has 3 N–H and O–H groups in total. The van der Waals surface area contributed by atoms with Crippen LogP contribution in [0.2, 0.25) is 0 Å². The summed E-state index contributed by atoms with van der Waals surface area (Å²) in [5.74, 6) is -0.701. The number of rotatable bonds is 8. The fourth-order valence-electron chi connectivity index (χ4n) is 2.86. The van der Waals surface area contributed by atoms with E-state index in [4.69, 9.17) is 4.84 Å². The number of benzene rings is 1. The molecule has 1 heterocycles. The number of carbonyl (C=O) groups excluding carboxylic acids is 1. The van der Waals surface area contributed by atoms with Crippen molar-refractivity contribution in [3.05, 3.63) is 56.2 Å². The number of pyridine rings is 1. The number of hydrogen-bond donors (Lipinski definition) is 3. The molecule has 9 heteroatoms. The Morgan fingerprint density at radius 2 is 2.17 bits per heavy atom. The van der Waals surface area contributed by atoms with Crippen LogP contribution in [0.3, 0.4) is 0 Å². The highest BCUT2D eigenvalue weighted by molar-refractivity contribution is 9.10. The molecular weight excluding hydrogens is 445 g/mol. The van der Waals surface area contributed by atoms with Crippen molar-refractivity contribution >= 4 is 33.2 Å². The van der Waals surface area contributed by atoms with E-state index in [0.717, 1.165) is 12.8 Å². The largest absolute Gasteiger partial charge is 0.391 e. The zero-order valence-electron chi connectivity index (χ0n) is 16.2. The molecule has 1 amide bonds. The molecule has 0 radical (unpaired) electrons. The number of nitrogens with zero attached hydrogens (tertiary/aromatic N) is 1. The predicted molar refractivity (Wildman–Crippen MR) is 111 cm³/mol. The maximum atomic E-state index is 14.3. The summed E-state index contributed by atoms with van der Waals surface area (Å²) in [4.78, 5) is 30.5. The summed E-state index contributed by atoms with van der Waals surface area (Å²) >= 11 is 3.20. The molecule has 1 saturated carbocycles. The van der Waals surface area contributed by atoms with E-state index in [-0.39, 0.29) is 29.1 Å². The van der Waals surface area contributed by atoms with Crippen LogP contribution >= 0.6 is 15.9 Å². The number of anilines is 2. The van der Waals surface area contributed by atoms with Gasteiger partial charge in [-0.3, -0.25) is 14.4 Å². The van der Waals surface area contributed by atoms with Crippen molar-refractivity contribution in [1.29, 1.82) is 0 Å². The Hall–Kier alpha value is -2.23. The van der Waals surface area contributed by atoms with Gasteiger partial charge in [-0.05, 0) is 50.8 Å². The quantitative estimate of drug-likeness (QED) is 0.518. The molecule has 156 valence electrons. The highest BCUT2D eigenvalue weighted by Gasteiger charge is 2.25. The third kappa shape index (κ3) is 5.43. The van der Waals surface area contributed by atoms with E-state index in [2.05, 4.69) is 26.7 Å². The summed E-state index contributed by atoms with van der Waals surface area (Å²) in [6.07, 6.45) is 2.81. The summed E-state index contributed by atoms with van der Waals surface area (Å²) in [5.41, 5.74) is 2.82. The van der Waals surface area contributed by atoms with Gasteiger partial charge in [0, 0.05) is 22.8 Å². The van der Waals surface area contributed by atoms with Crippen LogP contribution in [0.15, 0.2) is 33.7 Å². The minimum Gasteiger partial charge on any atom is -0.391 e. The van der Waals surface area contributed by atoms with Gasteiger partial charge in [-0.2, -0.15) is 0 Å². The Morgan fingerprint density at radius 3 is 2.79 bits per heavy atom. The van der Waals surface area contributed by atoms with Crippen molar-refractivity contribution in [1.82, 2.24) is 10.0 Å². The van der Waals surface area contributed by atoms with E-state index in [1.165, 1.54) is 29.8 Å². The highest BCUT2D eigenvalue weighted by Crippen LogP contribution is 2.31. The van der Waals surface area contributed by atoms with Crippen LogP contribution in [0, 0.1) is 18.7 Å². The van der Waals surface area contributed by atoms with Crippen LogP contribution < -0.4 is 16.4 Å². The molecule has 2 aromatic rings. The SMILES string of the molecule is Cc1c(Nc2ccc(Br)cc2F)c(C(=O)NOC[C@H](C)O)cn(CC2CC2)c1=O. The fraction of sp³-hybridized carbons (Fsp3) is 0.400. The Kier molecular flexibility index (Phi) is 6.71. The smallest absolute Gasteiger partial charge is 0.278 e. The summed E-state index contributed by atoms with van der Waals surface area (Å²) in [6, 6.07) is 4.46. The number of nitrogens with one attached hydrogen (secondary N) is 2. The minimum absolute atomic E-state index is 0.0868. The van der Waals surface area contributed by atoms with Gasteiger partial charge in [0.2, 0.25) is 0 Å². The summed E-state index contributed by atoms with van der Waals surface area (Å²) in [7, 11) is 0. The van der Waals surface area contributed by atoms with Crippen molar-refractivity contribution in [2.45, 2.75) is 39.3 Å². The van der Waals surface area contributed by atoms with Crippen molar-refractivity contribution < 1.29 is 19.1 Å². The average Bonchev–Trinajstić information content (AvgIpc) is 3.46. The second-order valence-corrected chi connectivity index (χ2v) is 8.20. The number of hydroxylamine groups is 1. The maximum Gasteiger partial charge on any atom is 0.278 e. The van der Waals surface area contributed by atoms with Crippen LogP contribution in [0.5, 0.6) is 0 Å². The van der Waals surface area contributed by atoms with Gasteiger partial charge in [-0.15, -0.1) is 0 Å². The van der Waals surface area contributed by atoms with Crippen LogP contribution in [0.25, 0.3) is 0 Å². The first kappa shape index (κ1) is 21.5. The summed E-state index contributed by atoms with van der Waals surface area (Å²) in [6.45, 7) is 3.56. The van der Waals surface area contributed by atoms with Crippen molar-refractivity contribution in [2.24, 2.45) is 5.92 Å². The molecule has 1 aliphatic carbocycles. The standard InChI is InChI=1S/C20H23BrFN3O4/c1-11(26)10-29-24-19(27)15-9-25(8-13-3-4-13)20(28)12(2)18(15)23-17-6-5-14(21)7-16(17)22/h5-7,9,11,13,23,26H,3-4,8,10H2,1-2H3,(H,24,27)/t11-/m0/s1. The van der Waals surface area contributed by atoms with Gasteiger partial charge >= 0.3 is 0 Å². The van der Waals surface area contributed by atoms with E-state index in [1.54, 1.807) is 13.0 Å². The molecule has 1 aliphatic rings. The number of carbonyl (C=O) groups is 1. The fourth-order valence-corrected chi connectivity index (χ4v) is 3.19. The van der Waals surface area contributed by atoms with Crippen molar-refractivity contribution in [3.63, 3.8) is 0 Å². The lowest BCUT2D eigenvalue weighted by Crippen LogP contribution is -2.31. The monoisotopic (exact) mass is 467 g/mol. The molecule has 0 unspecified atom stereocenters. The van der Waals surface area contributed by atoms with Crippen LogP contribution in [-0.4, -0.2) is 28.3 Å². The van der Waals surface area contributed by atoms with Gasteiger partial charge in [-0.1, -0.05) is 15.9 Å². The lowest BCUT2D eigenvalue weighted by Gasteiger charge is -2.18. The number of hydrogen-bond acceptors (Lipinski definition) is 5. The topological polar surface area (TPSA) is 92.6 Å². The van der Waals surface area contributed by atoms with E-state index in [0.29, 0.717) is 22.5 Å². The molecule has 1 fully saturated rings. The molecule has 1 aromatic heterocycles. The first-order valence-corrected chi connectivity index (χ1v) is 10.1. The Bertz CT molecular complexity index is 973. The maximum absolute atomic E-state index is 14.3. The van der Waals surface area contributed by atoms with Gasteiger partial charge in [0.25, 0.3) is 11.5 Å². The van der Waals surface area contributed by atoms with Gasteiger partial charge in [-0.25, -0.2) is 9.87 Å². The lowest BCUT2D eigenvalue weighted by atomic mass is 10.1. The average molecular weight is 468 g/mol. The first-order valence-electron chi connectivity index (χ1n) is 9.32. The zero-order chi connectivity index (χ0) is 21.1. The number of aromatic nitrogens is 1. The van der Waals surface area contributed by atoms with E-state index >= 15 is 0 Å². The lowest BCUT2D eigenvalue weighted by molar-refractivity contribution is -0.00686. The Morgan fingerprint density at radius 1 is 1.45 bits per heavy atom. The third-order valence-corrected chi connectivity index (χ3v) is 5.08. The van der Waals surface area contributed by atoms with Crippen molar-refractivity contribution in [2.75, 3.05) is 11.9 Å². The van der Waals surface area contributed by atoms with Crippen LogP contribution in [0.4, 0.5) is 15.8 Å². The second kappa shape index (κ2) is 9.06. The van der Waals surface area contributed by atoms with E-state index in [1.807, 2.05) is 0 Å². The van der Waals surface area contributed by atoms with Crippen LogP contribution in [-0.2, 0) is 11.4 Å². The molecule has 29 heavy (non-hydrogen) atoms. The Balaban J connectivity index is 1.98. The Labute approximate surface area is 176 Å². The molecule has 3 rings (SSSR count). The number of aliphatic hydroxyl groups excluding tert-OH is 1. The molecule has 1 aromatic carbocycles. The molecule has 0 saturated heterocycles. The molecule has 0 bridgehead atoms. The highest BCUT2D eigenvalue weighted by atomic mass is 79.9. The molecule has 1 atom stereocenters. The van der Waals surface area contributed by atoms with Crippen molar-refractivity contribution in [3.8, 4) is 0 Å². The molecule has 7 nitrogen and oxygen atoms in total. The van der Waals surface area contributed by atoms with Crippen LogP contribution in [0.1, 0.15) is 35.7 Å². The van der Waals surface area contributed by atoms with Gasteiger partial charge in [0.05, 0.1) is 23.0 Å². The number of halogens is 2. The summed E-state index contributed by atoms with van der Waals surface area (Å²) < 4.78 is 16.4. The van der Waals surface area contributed by atoms with E-state index in [9.17, 15) is 19.1 Å². The van der Waals surface area contributed by atoms with Gasteiger partial charge in [0.15, 0.2) is 0 Å². The number of aliphatic hydroxyl groups is 1.